The van der Waals surface area contributed by atoms with Crippen LogP contribution < -0.4 is 9.50 Å². The van der Waals surface area contributed by atoms with Crippen molar-refractivity contribution in [3.05, 3.63) is 54.0 Å². The second-order valence-electron chi connectivity index (χ2n) is 5.60. The summed E-state index contributed by atoms with van der Waals surface area (Å²) in [6, 6.07) is 12.5. The predicted molar refractivity (Wildman–Crippen MR) is 104 cm³/mol. The Morgan fingerprint density at radius 3 is 2.81 bits per heavy atom. The summed E-state index contributed by atoms with van der Waals surface area (Å²) in [5, 5.41) is 5.78. The van der Waals surface area contributed by atoms with E-state index in [-0.39, 0.29) is 11.5 Å². The minimum atomic E-state index is -3.57. The number of benzene rings is 1. The van der Waals surface area contributed by atoms with Crippen LogP contribution in [0, 0.1) is 0 Å². The van der Waals surface area contributed by atoms with Crippen molar-refractivity contribution in [3.63, 3.8) is 0 Å². The molecule has 26 heavy (non-hydrogen) atoms. The van der Waals surface area contributed by atoms with E-state index in [4.69, 9.17) is 4.18 Å². The van der Waals surface area contributed by atoms with Crippen LogP contribution >= 0.6 is 11.3 Å². The number of thiazole rings is 1. The average molecular weight is 390 g/mol. The first-order valence-corrected chi connectivity index (χ1v) is 10.7. The molecule has 6 nitrogen and oxygen atoms in total. The summed E-state index contributed by atoms with van der Waals surface area (Å²) in [4.78, 5) is 8.78. The van der Waals surface area contributed by atoms with E-state index in [1.54, 1.807) is 24.4 Å². The van der Waals surface area contributed by atoms with Gasteiger partial charge >= 0.3 is 10.1 Å². The van der Waals surface area contributed by atoms with E-state index in [0.29, 0.717) is 17.2 Å². The van der Waals surface area contributed by atoms with Crippen LogP contribution in [-0.2, 0) is 10.1 Å². The molecule has 2 aromatic heterocycles. The number of aromatic nitrogens is 2. The van der Waals surface area contributed by atoms with Crippen molar-refractivity contribution in [2.24, 2.45) is 0 Å². The summed E-state index contributed by atoms with van der Waals surface area (Å²) in [5.41, 5.74) is 2.29. The second kappa shape index (κ2) is 8.29. The highest BCUT2D eigenvalue weighted by atomic mass is 32.2. The lowest BCUT2D eigenvalue weighted by Crippen LogP contribution is -2.13. The van der Waals surface area contributed by atoms with Gasteiger partial charge in [0.25, 0.3) is 0 Å². The van der Waals surface area contributed by atoms with Gasteiger partial charge in [-0.2, -0.15) is 8.42 Å². The molecule has 0 atom stereocenters. The molecule has 1 N–H and O–H groups in total. The lowest BCUT2D eigenvalue weighted by atomic mass is 10.3. The van der Waals surface area contributed by atoms with Crippen LogP contribution in [0.5, 0.6) is 5.75 Å². The van der Waals surface area contributed by atoms with Gasteiger partial charge in [-0.15, -0.1) is 11.3 Å². The third-order valence-electron chi connectivity index (χ3n) is 3.49. The quantitative estimate of drug-likeness (QED) is 0.573. The van der Waals surface area contributed by atoms with Gasteiger partial charge in [0.15, 0.2) is 5.13 Å². The standard InChI is InChI=1S/C18H19N3O3S2/c1-2-3-11-26(22,23)24-15-8-6-7-14(12-15)20-18-21-17(13-25-18)16-9-4-5-10-19-16/h4-10,12-13H,2-3,11H2,1H3,(H,20,21). The Hall–Kier alpha value is -2.45. The Bertz CT molecular complexity index is 957. The number of anilines is 2. The highest BCUT2D eigenvalue weighted by Gasteiger charge is 2.12. The van der Waals surface area contributed by atoms with E-state index >= 15 is 0 Å². The van der Waals surface area contributed by atoms with Gasteiger partial charge in [-0.1, -0.05) is 25.5 Å². The van der Waals surface area contributed by atoms with E-state index in [0.717, 1.165) is 17.8 Å². The summed E-state index contributed by atoms with van der Waals surface area (Å²) in [6.07, 6.45) is 3.10. The molecule has 3 rings (SSSR count). The highest BCUT2D eigenvalue weighted by Crippen LogP contribution is 2.27. The van der Waals surface area contributed by atoms with Crippen LogP contribution in [0.15, 0.2) is 54.0 Å². The third kappa shape index (κ3) is 5.03. The molecule has 0 spiro atoms. The van der Waals surface area contributed by atoms with Gasteiger partial charge in [0.05, 0.1) is 11.4 Å². The van der Waals surface area contributed by atoms with E-state index in [2.05, 4.69) is 15.3 Å². The Balaban J connectivity index is 1.70. The van der Waals surface area contributed by atoms with E-state index in [1.165, 1.54) is 11.3 Å². The fourth-order valence-corrected chi connectivity index (χ4v) is 4.07. The number of hydrogen-bond donors (Lipinski definition) is 1. The Morgan fingerprint density at radius 1 is 1.15 bits per heavy atom. The molecule has 0 saturated carbocycles. The first-order valence-electron chi connectivity index (χ1n) is 8.22. The molecule has 0 bridgehead atoms. The fraction of sp³-hybridized carbons (Fsp3) is 0.222. The van der Waals surface area contributed by atoms with Crippen molar-refractivity contribution < 1.29 is 12.6 Å². The maximum atomic E-state index is 11.9. The maximum absolute atomic E-state index is 11.9. The summed E-state index contributed by atoms with van der Waals surface area (Å²) in [7, 11) is -3.57. The van der Waals surface area contributed by atoms with Gasteiger partial charge in [0.1, 0.15) is 11.4 Å². The minimum Gasteiger partial charge on any atom is -0.382 e. The van der Waals surface area contributed by atoms with Crippen molar-refractivity contribution in [2.45, 2.75) is 19.8 Å². The number of rotatable bonds is 8. The number of nitrogens with zero attached hydrogens (tertiary/aromatic N) is 2. The zero-order valence-corrected chi connectivity index (χ0v) is 15.9. The van der Waals surface area contributed by atoms with Crippen molar-refractivity contribution >= 4 is 32.3 Å². The van der Waals surface area contributed by atoms with E-state index in [9.17, 15) is 8.42 Å². The van der Waals surface area contributed by atoms with E-state index < -0.39 is 10.1 Å². The molecule has 0 saturated heterocycles. The monoisotopic (exact) mass is 389 g/mol. The van der Waals surface area contributed by atoms with Gasteiger partial charge in [0, 0.05) is 23.3 Å². The van der Waals surface area contributed by atoms with Crippen LogP contribution in [-0.4, -0.2) is 24.1 Å². The number of hydrogen-bond acceptors (Lipinski definition) is 7. The number of pyridine rings is 1. The minimum absolute atomic E-state index is 0.0150. The van der Waals surface area contributed by atoms with Crippen LogP contribution in [0.3, 0.4) is 0 Å². The zero-order valence-electron chi connectivity index (χ0n) is 14.3. The van der Waals surface area contributed by atoms with Gasteiger partial charge in [0.2, 0.25) is 0 Å². The second-order valence-corrected chi connectivity index (χ2v) is 8.15. The van der Waals surface area contributed by atoms with Gasteiger partial charge in [-0.3, -0.25) is 4.98 Å². The molecule has 0 aliphatic carbocycles. The Labute approximate surface area is 157 Å². The first-order chi connectivity index (χ1) is 12.6. The molecule has 8 heteroatoms. The van der Waals surface area contributed by atoms with Gasteiger partial charge in [-0.05, 0) is 30.7 Å². The SMILES string of the molecule is CCCCS(=O)(=O)Oc1cccc(Nc2nc(-c3ccccn3)cs2)c1. The molecule has 1 aromatic carbocycles. The van der Waals surface area contributed by atoms with Crippen LogP contribution in [0.2, 0.25) is 0 Å². The molecule has 2 heterocycles. The largest absolute Gasteiger partial charge is 0.382 e. The van der Waals surface area contributed by atoms with Crippen molar-refractivity contribution in [3.8, 4) is 17.1 Å². The predicted octanol–water partition coefficient (Wildman–Crippen LogP) is 4.46. The molecule has 0 aliphatic heterocycles. The molecule has 136 valence electrons. The lowest BCUT2D eigenvalue weighted by molar-refractivity contribution is 0.484. The summed E-state index contributed by atoms with van der Waals surface area (Å²) in [5.74, 6) is 0.300. The first kappa shape index (κ1) is 18.3. The normalized spacial score (nSPS) is 11.3. The lowest BCUT2D eigenvalue weighted by Gasteiger charge is -2.08. The van der Waals surface area contributed by atoms with Crippen molar-refractivity contribution in [2.75, 3.05) is 11.1 Å². The Kier molecular flexibility index (Phi) is 5.85. The summed E-state index contributed by atoms with van der Waals surface area (Å²) in [6.45, 7) is 1.94. The van der Waals surface area contributed by atoms with Crippen LogP contribution in [0.25, 0.3) is 11.4 Å². The molecular formula is C18H19N3O3S2. The molecule has 0 radical (unpaired) electrons. The molecular weight excluding hydrogens is 370 g/mol. The van der Waals surface area contributed by atoms with Crippen molar-refractivity contribution in [1.29, 1.82) is 0 Å². The zero-order chi connectivity index (χ0) is 18.4. The average Bonchev–Trinajstić information content (AvgIpc) is 3.09. The number of unbranched alkanes of at least 4 members (excludes halogenated alkanes) is 1. The third-order valence-corrected chi connectivity index (χ3v) is 5.48. The maximum Gasteiger partial charge on any atom is 0.309 e. The Morgan fingerprint density at radius 2 is 2.04 bits per heavy atom. The van der Waals surface area contributed by atoms with Crippen LogP contribution in [0.4, 0.5) is 10.8 Å². The summed E-state index contributed by atoms with van der Waals surface area (Å²) < 4.78 is 29.0. The molecule has 0 fully saturated rings. The van der Waals surface area contributed by atoms with Crippen molar-refractivity contribution in [1.82, 2.24) is 9.97 Å². The van der Waals surface area contributed by atoms with Gasteiger partial charge in [-0.25, -0.2) is 4.98 Å². The highest BCUT2D eigenvalue weighted by molar-refractivity contribution is 7.87. The van der Waals surface area contributed by atoms with Gasteiger partial charge < -0.3 is 9.50 Å². The van der Waals surface area contributed by atoms with E-state index in [1.807, 2.05) is 36.6 Å². The molecule has 3 aromatic rings. The number of nitrogens with one attached hydrogen (secondary N) is 1. The fourth-order valence-electron chi connectivity index (χ4n) is 2.22. The smallest absolute Gasteiger partial charge is 0.309 e. The molecule has 0 aliphatic rings. The molecule has 0 amide bonds. The molecule has 0 unspecified atom stereocenters. The topological polar surface area (TPSA) is 81.2 Å². The summed E-state index contributed by atoms with van der Waals surface area (Å²) >= 11 is 1.45. The van der Waals surface area contributed by atoms with Crippen LogP contribution in [0.1, 0.15) is 19.8 Å².